The van der Waals surface area contributed by atoms with Crippen molar-refractivity contribution in [3.8, 4) is 0 Å². The number of para-hydroxylation sites is 1. The zero-order valence-electron chi connectivity index (χ0n) is 12.1. The molecule has 22 heavy (non-hydrogen) atoms. The average molecular weight is 314 g/mol. The molecule has 1 aromatic rings. The van der Waals surface area contributed by atoms with Crippen molar-refractivity contribution in [2.24, 2.45) is 5.92 Å². The Labute approximate surface area is 126 Å². The van der Waals surface area contributed by atoms with E-state index in [2.05, 4.69) is 5.32 Å². The number of rotatable bonds is 2. The Morgan fingerprint density at radius 3 is 2.73 bits per heavy atom. The maximum atomic E-state index is 13.3. The molecule has 2 aliphatic heterocycles. The maximum absolute atomic E-state index is 13.3. The third-order valence-corrected chi connectivity index (χ3v) is 4.57. The van der Waals surface area contributed by atoms with Crippen molar-refractivity contribution in [2.75, 3.05) is 24.6 Å². The van der Waals surface area contributed by atoms with Crippen LogP contribution < -0.4 is 10.2 Å². The van der Waals surface area contributed by atoms with E-state index in [0.29, 0.717) is 6.54 Å². The molecule has 2 unspecified atom stereocenters. The van der Waals surface area contributed by atoms with E-state index in [0.717, 1.165) is 19.0 Å². The van der Waals surface area contributed by atoms with Gasteiger partial charge in [0.25, 0.3) is 0 Å². The normalized spacial score (nSPS) is 29.0. The van der Waals surface area contributed by atoms with Crippen LogP contribution in [0, 0.1) is 5.92 Å². The lowest BCUT2D eigenvalue weighted by atomic mass is 9.84. The molecule has 0 spiro atoms. The number of carbonyl (C=O) groups is 1. The third-order valence-electron chi connectivity index (χ3n) is 4.57. The zero-order valence-corrected chi connectivity index (χ0v) is 12.1. The molecule has 2 saturated heterocycles. The van der Waals surface area contributed by atoms with Crippen LogP contribution in [0.15, 0.2) is 24.3 Å². The van der Waals surface area contributed by atoms with E-state index in [1.165, 1.54) is 23.1 Å². The molecule has 2 fully saturated rings. The molecule has 2 atom stereocenters. The average Bonchev–Trinajstić information content (AvgIpc) is 3.08. The van der Waals surface area contributed by atoms with Crippen LogP contribution in [0.25, 0.3) is 0 Å². The molecular weight excluding hydrogens is 297 g/mol. The third kappa shape index (κ3) is 2.33. The van der Waals surface area contributed by atoms with Gasteiger partial charge in [0.15, 0.2) is 0 Å². The highest BCUT2D eigenvalue weighted by Gasteiger charge is 2.52. The fourth-order valence-electron chi connectivity index (χ4n) is 3.31. The second kappa shape index (κ2) is 5.15. The Morgan fingerprint density at radius 2 is 2.09 bits per heavy atom. The molecular formula is C15H17F3N2O2. The van der Waals surface area contributed by atoms with E-state index >= 15 is 0 Å². The summed E-state index contributed by atoms with van der Waals surface area (Å²) in [5.41, 5.74) is -1.72. The molecule has 0 bridgehead atoms. The topological polar surface area (TPSA) is 41.6 Å². The first-order valence-corrected chi connectivity index (χ1v) is 7.18. The summed E-state index contributed by atoms with van der Waals surface area (Å²) in [5, 5.41) is 3.19. The summed E-state index contributed by atoms with van der Waals surface area (Å²) in [7, 11) is 0. The van der Waals surface area contributed by atoms with E-state index in [1.807, 2.05) is 0 Å². The fourth-order valence-corrected chi connectivity index (χ4v) is 3.31. The summed E-state index contributed by atoms with van der Waals surface area (Å²) in [6, 6.07) is 5.15. The van der Waals surface area contributed by atoms with E-state index in [9.17, 15) is 18.0 Å². The van der Waals surface area contributed by atoms with Crippen LogP contribution in [0.3, 0.4) is 0 Å². The van der Waals surface area contributed by atoms with Crippen LogP contribution in [-0.4, -0.2) is 31.3 Å². The van der Waals surface area contributed by atoms with Gasteiger partial charge < -0.3 is 10.1 Å². The number of amides is 1. The van der Waals surface area contributed by atoms with Crippen molar-refractivity contribution in [1.29, 1.82) is 0 Å². The predicted octanol–water partition coefficient (Wildman–Crippen LogP) is 3.03. The number of benzene rings is 1. The summed E-state index contributed by atoms with van der Waals surface area (Å²) in [6.07, 6.45) is -4.43. The van der Waals surface area contributed by atoms with Gasteiger partial charge in [0.1, 0.15) is 6.61 Å². The molecule has 7 heteroatoms. The zero-order chi connectivity index (χ0) is 16.0. The molecule has 0 aliphatic carbocycles. The molecule has 2 heterocycles. The van der Waals surface area contributed by atoms with E-state index < -0.39 is 23.4 Å². The summed E-state index contributed by atoms with van der Waals surface area (Å²) < 4.78 is 44.9. The Hall–Kier alpha value is -1.76. The largest absolute Gasteiger partial charge is 0.447 e. The molecule has 0 aromatic heterocycles. The predicted molar refractivity (Wildman–Crippen MR) is 74.7 cm³/mol. The Balaban J connectivity index is 2.07. The monoisotopic (exact) mass is 314 g/mol. The highest BCUT2D eigenvalue weighted by molar-refractivity contribution is 5.92. The van der Waals surface area contributed by atoms with Crippen molar-refractivity contribution < 1.29 is 22.7 Å². The van der Waals surface area contributed by atoms with Crippen molar-refractivity contribution >= 4 is 11.8 Å². The van der Waals surface area contributed by atoms with Gasteiger partial charge in [-0.15, -0.1) is 0 Å². The molecule has 0 saturated carbocycles. The van der Waals surface area contributed by atoms with E-state index in [-0.39, 0.29) is 18.2 Å². The van der Waals surface area contributed by atoms with Gasteiger partial charge >= 0.3 is 12.3 Å². The van der Waals surface area contributed by atoms with Gasteiger partial charge in [-0.1, -0.05) is 12.1 Å². The number of hydrogen-bond donors (Lipinski definition) is 1. The molecule has 120 valence electrons. The van der Waals surface area contributed by atoms with Gasteiger partial charge in [0.05, 0.1) is 16.8 Å². The van der Waals surface area contributed by atoms with Gasteiger partial charge in [-0.25, -0.2) is 4.79 Å². The van der Waals surface area contributed by atoms with Gasteiger partial charge in [-0.2, -0.15) is 13.2 Å². The number of nitrogens with one attached hydrogen (secondary N) is 1. The number of alkyl halides is 3. The first-order valence-electron chi connectivity index (χ1n) is 7.18. The number of ether oxygens (including phenoxy) is 1. The van der Waals surface area contributed by atoms with Crippen LogP contribution in [-0.2, 0) is 10.9 Å². The SMILES string of the molecule is CC1(C2CCNC2)COC(=O)N1c1ccccc1C(F)(F)F. The van der Waals surface area contributed by atoms with Crippen LogP contribution in [0.5, 0.6) is 0 Å². The highest BCUT2D eigenvalue weighted by Crippen LogP contribution is 2.43. The number of nitrogens with zero attached hydrogens (tertiary/aromatic N) is 1. The lowest BCUT2D eigenvalue weighted by Gasteiger charge is -2.37. The van der Waals surface area contributed by atoms with E-state index in [1.54, 1.807) is 6.92 Å². The summed E-state index contributed by atoms with van der Waals surface area (Å²) in [5.74, 6) is 0.0558. The number of anilines is 1. The van der Waals surface area contributed by atoms with Crippen LogP contribution in [0.1, 0.15) is 18.9 Å². The van der Waals surface area contributed by atoms with E-state index in [4.69, 9.17) is 4.74 Å². The first kappa shape index (κ1) is 15.1. The standard InChI is InChI=1S/C15H17F3N2O2/c1-14(10-6-7-19-8-10)9-22-13(21)20(14)12-5-3-2-4-11(12)15(16,17)18/h2-5,10,19H,6-9H2,1H3. The summed E-state index contributed by atoms with van der Waals surface area (Å²) >= 11 is 0. The molecule has 1 aromatic carbocycles. The minimum absolute atomic E-state index is 0.0558. The van der Waals surface area contributed by atoms with Gasteiger partial charge in [-0.3, -0.25) is 4.90 Å². The highest BCUT2D eigenvalue weighted by atomic mass is 19.4. The molecule has 1 amide bonds. The molecule has 4 nitrogen and oxygen atoms in total. The van der Waals surface area contributed by atoms with Crippen molar-refractivity contribution in [1.82, 2.24) is 5.32 Å². The molecule has 0 radical (unpaired) electrons. The lowest BCUT2D eigenvalue weighted by Crippen LogP contribution is -2.52. The van der Waals surface area contributed by atoms with Crippen molar-refractivity contribution in [3.05, 3.63) is 29.8 Å². The second-order valence-electron chi connectivity index (χ2n) is 5.95. The number of halogens is 3. The Morgan fingerprint density at radius 1 is 1.36 bits per heavy atom. The summed E-state index contributed by atoms with van der Waals surface area (Å²) in [4.78, 5) is 13.3. The van der Waals surface area contributed by atoms with Crippen LogP contribution in [0.2, 0.25) is 0 Å². The van der Waals surface area contributed by atoms with Gasteiger partial charge in [0, 0.05) is 6.54 Å². The fraction of sp³-hybridized carbons (Fsp3) is 0.533. The number of cyclic esters (lactones) is 1. The smallest absolute Gasteiger partial charge is 0.418 e. The first-order chi connectivity index (χ1) is 10.3. The Kier molecular flexibility index (Phi) is 3.55. The number of carbonyl (C=O) groups excluding carboxylic acids is 1. The van der Waals surface area contributed by atoms with Crippen LogP contribution in [0.4, 0.5) is 23.7 Å². The van der Waals surface area contributed by atoms with Gasteiger partial charge in [-0.05, 0) is 37.9 Å². The van der Waals surface area contributed by atoms with Crippen LogP contribution >= 0.6 is 0 Å². The molecule has 1 N–H and O–H groups in total. The Bertz CT molecular complexity index is 584. The summed E-state index contributed by atoms with van der Waals surface area (Å²) in [6.45, 7) is 3.36. The minimum atomic E-state index is -4.52. The second-order valence-corrected chi connectivity index (χ2v) is 5.95. The van der Waals surface area contributed by atoms with Gasteiger partial charge in [0.2, 0.25) is 0 Å². The molecule has 3 rings (SSSR count). The minimum Gasteiger partial charge on any atom is -0.447 e. The van der Waals surface area contributed by atoms with Crippen molar-refractivity contribution in [2.45, 2.75) is 25.1 Å². The van der Waals surface area contributed by atoms with Crippen molar-refractivity contribution in [3.63, 3.8) is 0 Å². The quantitative estimate of drug-likeness (QED) is 0.912. The molecule has 2 aliphatic rings. The lowest BCUT2D eigenvalue weighted by molar-refractivity contribution is -0.137. The maximum Gasteiger partial charge on any atom is 0.418 e. The number of hydrogen-bond acceptors (Lipinski definition) is 3.